The number of nitrogens with one attached hydrogen (secondary N) is 2. The van der Waals surface area contributed by atoms with E-state index in [2.05, 4.69) is 9.71 Å². The van der Waals surface area contributed by atoms with Crippen molar-refractivity contribution in [3.63, 3.8) is 0 Å². The number of aromatic amines is 1. The molecule has 2 N–H and O–H groups in total. The molecule has 0 saturated heterocycles. The summed E-state index contributed by atoms with van der Waals surface area (Å²) in [6, 6.07) is 16.9. The molecule has 0 bridgehead atoms. The van der Waals surface area contributed by atoms with Crippen LogP contribution in [0, 0.1) is 0 Å². The van der Waals surface area contributed by atoms with Gasteiger partial charge in [0.2, 0.25) is 21.5 Å². The van der Waals surface area contributed by atoms with Gasteiger partial charge in [-0.15, -0.1) is 11.3 Å². The van der Waals surface area contributed by atoms with Crippen molar-refractivity contribution in [2.45, 2.75) is 31.3 Å². The minimum absolute atomic E-state index is 0.0185. The predicted molar refractivity (Wildman–Crippen MR) is 141 cm³/mol. The highest BCUT2D eigenvalue weighted by atomic mass is 32.2. The molecule has 1 atom stereocenters. The molecule has 2 heterocycles. The molecule has 0 radical (unpaired) electrons. The number of hydrogen-bond acceptors (Lipinski definition) is 6. The number of carbonyl (C=O) groups excluding carboxylic acids is 1. The molecule has 1 amide bonds. The lowest BCUT2D eigenvalue weighted by atomic mass is 10.0. The van der Waals surface area contributed by atoms with Crippen LogP contribution in [0.15, 0.2) is 81.8 Å². The number of carbonyl (C=O) groups is 1. The van der Waals surface area contributed by atoms with Crippen molar-refractivity contribution in [1.82, 2.24) is 14.6 Å². The summed E-state index contributed by atoms with van der Waals surface area (Å²) >= 11 is 1.53. The highest BCUT2D eigenvalue weighted by Gasteiger charge is 2.32. The summed E-state index contributed by atoms with van der Waals surface area (Å²) in [5.74, 6) is 0.0519. The Hall–Kier alpha value is -3.47. The number of likely N-dealkylation sites (N-methyl/N-ethyl adjacent to an activating group) is 1. The molecule has 8 nitrogen and oxygen atoms in total. The van der Waals surface area contributed by atoms with Crippen LogP contribution in [0.5, 0.6) is 5.75 Å². The summed E-state index contributed by atoms with van der Waals surface area (Å²) < 4.78 is 35.4. The van der Waals surface area contributed by atoms with Crippen molar-refractivity contribution in [3.05, 3.63) is 92.9 Å². The van der Waals surface area contributed by atoms with E-state index in [1.54, 1.807) is 35.2 Å². The van der Waals surface area contributed by atoms with E-state index in [0.717, 1.165) is 4.88 Å². The van der Waals surface area contributed by atoms with Gasteiger partial charge < -0.3 is 14.6 Å². The van der Waals surface area contributed by atoms with Crippen molar-refractivity contribution in [2.24, 2.45) is 0 Å². The first kappa shape index (κ1) is 25.6. The fourth-order valence-electron chi connectivity index (χ4n) is 3.89. The van der Waals surface area contributed by atoms with Gasteiger partial charge in [-0.2, -0.15) is 4.72 Å². The molecule has 0 unspecified atom stereocenters. The standard InChI is InChI=1S/C26H27N3O5S2/c1-3-29(17-19-8-7-15-35-19)26(31)25(21-9-5-6-10-23(21)34-4-2)28-36(32,33)20-12-13-22-18(16-20)11-14-24(30)27-22/h5-16,25,28H,3-4,17H2,1-2H3,(H,27,30)/t25-/m1/s1. The number of H-pyrrole nitrogens is 1. The van der Waals surface area contributed by atoms with E-state index in [0.29, 0.717) is 41.9 Å². The molecule has 0 spiro atoms. The van der Waals surface area contributed by atoms with Crippen molar-refractivity contribution in [3.8, 4) is 5.75 Å². The molecule has 0 aliphatic carbocycles. The number of amides is 1. The number of aromatic nitrogens is 1. The third kappa shape index (κ3) is 5.67. The summed E-state index contributed by atoms with van der Waals surface area (Å²) in [6.45, 7) is 4.81. The average Bonchev–Trinajstić information content (AvgIpc) is 3.39. The molecule has 0 aliphatic rings. The number of para-hydroxylation sites is 1. The molecule has 4 rings (SSSR count). The van der Waals surface area contributed by atoms with E-state index >= 15 is 0 Å². The molecule has 36 heavy (non-hydrogen) atoms. The molecule has 0 fully saturated rings. The maximum absolute atomic E-state index is 13.8. The van der Waals surface area contributed by atoms with E-state index in [1.165, 1.54) is 35.6 Å². The van der Waals surface area contributed by atoms with Gasteiger partial charge in [0, 0.05) is 28.6 Å². The monoisotopic (exact) mass is 525 g/mol. The van der Waals surface area contributed by atoms with Crippen molar-refractivity contribution < 1.29 is 17.9 Å². The lowest BCUT2D eigenvalue weighted by Crippen LogP contribution is -2.42. The number of ether oxygens (including phenoxy) is 1. The first-order valence-electron chi connectivity index (χ1n) is 11.5. The normalized spacial score (nSPS) is 12.4. The molecule has 2 aromatic heterocycles. The zero-order valence-electron chi connectivity index (χ0n) is 19.9. The average molecular weight is 526 g/mol. The second kappa shape index (κ2) is 11.1. The summed E-state index contributed by atoms with van der Waals surface area (Å²) in [6.07, 6.45) is 0. The third-order valence-electron chi connectivity index (χ3n) is 5.68. The fourth-order valence-corrected chi connectivity index (χ4v) is 5.82. The van der Waals surface area contributed by atoms with E-state index in [1.807, 2.05) is 31.4 Å². The lowest BCUT2D eigenvalue weighted by molar-refractivity contribution is -0.133. The molecule has 2 aromatic carbocycles. The van der Waals surface area contributed by atoms with Gasteiger partial charge in [0.25, 0.3) is 0 Å². The van der Waals surface area contributed by atoms with Crippen molar-refractivity contribution in [2.75, 3.05) is 13.2 Å². The Morgan fingerprint density at radius 2 is 1.89 bits per heavy atom. The topological polar surface area (TPSA) is 109 Å². The van der Waals surface area contributed by atoms with Crippen LogP contribution in [0.2, 0.25) is 0 Å². The van der Waals surface area contributed by atoms with Crippen LogP contribution in [0.25, 0.3) is 10.9 Å². The summed E-state index contributed by atoms with van der Waals surface area (Å²) in [5.41, 5.74) is 0.673. The van der Waals surface area contributed by atoms with Gasteiger partial charge in [-0.3, -0.25) is 9.59 Å². The van der Waals surface area contributed by atoms with Gasteiger partial charge in [0.1, 0.15) is 11.8 Å². The van der Waals surface area contributed by atoms with Crippen molar-refractivity contribution in [1.29, 1.82) is 0 Å². The second-order valence-corrected chi connectivity index (χ2v) is 10.8. The Kier molecular flexibility index (Phi) is 7.88. The molecular formula is C26H27N3O5S2. The zero-order valence-corrected chi connectivity index (χ0v) is 21.6. The molecule has 188 valence electrons. The number of hydrogen-bond donors (Lipinski definition) is 2. The Morgan fingerprint density at radius 3 is 2.61 bits per heavy atom. The van der Waals surface area contributed by atoms with Crippen LogP contribution in [0.3, 0.4) is 0 Å². The Labute approximate surface area is 213 Å². The largest absolute Gasteiger partial charge is 0.494 e. The van der Waals surface area contributed by atoms with Crippen LogP contribution in [0.1, 0.15) is 30.3 Å². The minimum atomic E-state index is -4.13. The van der Waals surface area contributed by atoms with Crippen LogP contribution in [-0.4, -0.2) is 37.4 Å². The van der Waals surface area contributed by atoms with Gasteiger partial charge in [0.15, 0.2) is 0 Å². The van der Waals surface area contributed by atoms with Crippen LogP contribution in [-0.2, 0) is 21.4 Å². The number of sulfonamides is 1. The number of rotatable bonds is 10. The van der Waals surface area contributed by atoms with Gasteiger partial charge in [-0.05, 0) is 61.0 Å². The smallest absolute Gasteiger partial charge is 0.248 e. The molecule has 0 saturated carbocycles. The van der Waals surface area contributed by atoms with Gasteiger partial charge >= 0.3 is 0 Å². The SMILES string of the molecule is CCOc1ccccc1[C@@H](NS(=O)(=O)c1ccc2[nH]c(=O)ccc2c1)C(=O)N(CC)Cc1cccs1. The van der Waals surface area contributed by atoms with Crippen LogP contribution in [0.4, 0.5) is 0 Å². The van der Waals surface area contributed by atoms with E-state index in [4.69, 9.17) is 4.74 Å². The van der Waals surface area contributed by atoms with E-state index in [-0.39, 0.29) is 16.4 Å². The first-order valence-corrected chi connectivity index (χ1v) is 13.9. The molecular weight excluding hydrogens is 498 g/mol. The Morgan fingerprint density at radius 1 is 1.08 bits per heavy atom. The predicted octanol–water partition coefficient (Wildman–Crippen LogP) is 4.06. The van der Waals surface area contributed by atoms with Gasteiger partial charge in [-0.1, -0.05) is 24.3 Å². The minimum Gasteiger partial charge on any atom is -0.494 e. The maximum Gasteiger partial charge on any atom is 0.248 e. The molecule has 10 heteroatoms. The zero-order chi connectivity index (χ0) is 25.7. The van der Waals surface area contributed by atoms with Gasteiger partial charge in [0.05, 0.1) is 18.0 Å². The highest BCUT2D eigenvalue weighted by molar-refractivity contribution is 7.89. The number of pyridine rings is 1. The van der Waals surface area contributed by atoms with E-state index < -0.39 is 16.1 Å². The quantitative estimate of drug-likeness (QED) is 0.325. The third-order valence-corrected chi connectivity index (χ3v) is 7.96. The van der Waals surface area contributed by atoms with Crippen LogP contribution >= 0.6 is 11.3 Å². The first-order chi connectivity index (χ1) is 17.3. The number of thiophene rings is 1. The summed E-state index contributed by atoms with van der Waals surface area (Å²) in [7, 11) is -4.13. The fraction of sp³-hybridized carbons (Fsp3) is 0.231. The summed E-state index contributed by atoms with van der Waals surface area (Å²) in [4.78, 5) is 30.7. The highest BCUT2D eigenvalue weighted by Crippen LogP contribution is 2.29. The maximum atomic E-state index is 13.8. The Bertz CT molecular complexity index is 1510. The molecule has 4 aromatic rings. The van der Waals surface area contributed by atoms with Crippen molar-refractivity contribution >= 4 is 38.2 Å². The Balaban J connectivity index is 1.74. The summed E-state index contributed by atoms with van der Waals surface area (Å²) in [5, 5.41) is 2.49. The number of fused-ring (bicyclic) bond motifs is 1. The number of benzene rings is 2. The molecule has 0 aliphatic heterocycles. The van der Waals surface area contributed by atoms with Crippen LogP contribution < -0.4 is 15.0 Å². The van der Waals surface area contributed by atoms with E-state index in [9.17, 15) is 18.0 Å². The second-order valence-electron chi connectivity index (χ2n) is 8.03. The van der Waals surface area contributed by atoms with Gasteiger partial charge in [-0.25, -0.2) is 8.42 Å². The lowest BCUT2D eigenvalue weighted by Gasteiger charge is -2.28. The number of nitrogens with zero attached hydrogens (tertiary/aromatic N) is 1.